The Morgan fingerprint density at radius 3 is 2.46 bits per heavy atom. The lowest BCUT2D eigenvalue weighted by Gasteiger charge is -2.37. The van der Waals surface area contributed by atoms with Gasteiger partial charge in [0.2, 0.25) is 0 Å². The maximum Gasteiger partial charge on any atom is 0.344 e. The van der Waals surface area contributed by atoms with Gasteiger partial charge in [-0.15, -0.1) is 0 Å². The molecule has 35 heavy (non-hydrogen) atoms. The van der Waals surface area contributed by atoms with Gasteiger partial charge in [0.25, 0.3) is 0 Å². The summed E-state index contributed by atoms with van der Waals surface area (Å²) in [4.78, 5) is 19.5. The van der Waals surface area contributed by atoms with Crippen LogP contribution in [0.3, 0.4) is 0 Å². The van der Waals surface area contributed by atoms with Crippen LogP contribution in [0.4, 0.5) is 4.79 Å². The monoisotopic (exact) mass is 468 g/mol. The van der Waals surface area contributed by atoms with Crippen molar-refractivity contribution < 1.29 is 4.79 Å². The Bertz CT molecular complexity index is 1090. The Morgan fingerprint density at radius 2 is 1.80 bits per heavy atom. The highest BCUT2D eigenvalue weighted by Crippen LogP contribution is 2.25. The molecule has 0 bridgehead atoms. The van der Waals surface area contributed by atoms with Crippen molar-refractivity contribution in [2.24, 2.45) is 5.10 Å². The lowest BCUT2D eigenvalue weighted by molar-refractivity contribution is 0.128. The standard InChI is InChI=1S/C28H30N4O.C2H6/c1-22(24-13-15-25(16-14-24)26-11-8-17-30-20-26)21-32(29-2)28(33)31-18-7-6-12-27(31)19-23-9-4-3-5-10-23;1-2/h3-5,8-11,13-17,20-21,27H,2,6-7,12,18-19H2,1H3;1-2H3/b22-21+;. The fourth-order valence-electron chi connectivity index (χ4n) is 4.36. The molecule has 2 heterocycles. The number of pyridine rings is 1. The molecule has 3 aromatic rings. The second-order valence-corrected chi connectivity index (χ2v) is 8.43. The zero-order valence-corrected chi connectivity index (χ0v) is 21.1. The molecule has 1 saturated heterocycles. The summed E-state index contributed by atoms with van der Waals surface area (Å²) in [6.07, 6.45) is 9.42. The molecule has 1 aliphatic rings. The molecule has 5 heteroatoms. The second-order valence-electron chi connectivity index (χ2n) is 8.43. The van der Waals surface area contributed by atoms with Crippen molar-refractivity contribution >= 4 is 18.3 Å². The zero-order valence-electron chi connectivity index (χ0n) is 21.1. The summed E-state index contributed by atoms with van der Waals surface area (Å²) >= 11 is 0. The Morgan fingerprint density at radius 1 is 1.06 bits per heavy atom. The molecule has 2 amide bonds. The first-order valence-corrected chi connectivity index (χ1v) is 12.5. The maximum absolute atomic E-state index is 13.4. The summed E-state index contributed by atoms with van der Waals surface area (Å²) in [6, 6.07) is 22.6. The van der Waals surface area contributed by atoms with E-state index < -0.39 is 0 Å². The number of benzene rings is 2. The number of amides is 2. The van der Waals surface area contributed by atoms with Gasteiger partial charge >= 0.3 is 6.03 Å². The van der Waals surface area contributed by atoms with E-state index in [9.17, 15) is 4.79 Å². The van der Waals surface area contributed by atoms with Crippen LogP contribution in [-0.4, -0.2) is 40.2 Å². The van der Waals surface area contributed by atoms with Gasteiger partial charge in [-0.25, -0.2) is 4.79 Å². The minimum atomic E-state index is -0.114. The van der Waals surface area contributed by atoms with Gasteiger partial charge in [-0.05, 0) is 66.5 Å². The number of carbonyl (C=O) groups is 1. The first-order chi connectivity index (χ1) is 17.2. The number of likely N-dealkylation sites (tertiary alicyclic amines) is 1. The highest BCUT2D eigenvalue weighted by Gasteiger charge is 2.29. The Kier molecular flexibility index (Phi) is 9.79. The smallest absolute Gasteiger partial charge is 0.320 e. The van der Waals surface area contributed by atoms with Crippen LogP contribution in [0.1, 0.15) is 51.2 Å². The van der Waals surface area contributed by atoms with Crippen LogP contribution in [0, 0.1) is 0 Å². The number of hydrogen-bond donors (Lipinski definition) is 0. The molecule has 2 aromatic carbocycles. The molecular weight excluding hydrogens is 432 g/mol. The normalized spacial score (nSPS) is 15.6. The Labute approximate surface area is 209 Å². The van der Waals surface area contributed by atoms with Crippen LogP contribution in [0.2, 0.25) is 0 Å². The minimum Gasteiger partial charge on any atom is -0.320 e. The van der Waals surface area contributed by atoms with Gasteiger partial charge in [0.05, 0.1) is 0 Å². The molecule has 0 spiro atoms. The van der Waals surface area contributed by atoms with Gasteiger partial charge in [-0.1, -0.05) is 74.5 Å². The molecular formula is C30H36N4O. The first-order valence-electron chi connectivity index (χ1n) is 12.5. The molecule has 1 fully saturated rings. The van der Waals surface area contributed by atoms with Gasteiger partial charge in [0.15, 0.2) is 0 Å². The fourth-order valence-corrected chi connectivity index (χ4v) is 4.36. The second kappa shape index (κ2) is 13.2. The molecule has 0 saturated carbocycles. The molecule has 1 unspecified atom stereocenters. The van der Waals surface area contributed by atoms with E-state index in [1.807, 2.05) is 62.2 Å². The molecule has 0 radical (unpaired) electrons. The van der Waals surface area contributed by atoms with Crippen LogP contribution in [-0.2, 0) is 6.42 Å². The molecule has 182 valence electrons. The van der Waals surface area contributed by atoms with Crippen molar-refractivity contribution in [3.8, 4) is 11.1 Å². The van der Waals surface area contributed by atoms with Crippen LogP contribution < -0.4 is 0 Å². The predicted molar refractivity (Wildman–Crippen MR) is 146 cm³/mol. The van der Waals surface area contributed by atoms with Gasteiger partial charge in [0, 0.05) is 37.9 Å². The van der Waals surface area contributed by atoms with Crippen molar-refractivity contribution in [3.63, 3.8) is 0 Å². The van der Waals surface area contributed by atoms with E-state index in [1.54, 1.807) is 12.4 Å². The third-order valence-corrected chi connectivity index (χ3v) is 6.19. The SMILES string of the molecule is C=NN(/C=C(\C)c1ccc(-c2cccnc2)cc1)C(=O)N1CCCCC1Cc1ccccc1.CC. The number of allylic oxidation sites excluding steroid dienone is 1. The van der Waals surface area contributed by atoms with E-state index in [1.165, 1.54) is 10.6 Å². The Balaban J connectivity index is 0.00000167. The van der Waals surface area contributed by atoms with Gasteiger partial charge < -0.3 is 4.90 Å². The number of urea groups is 1. The fraction of sp³-hybridized carbons (Fsp3) is 0.300. The zero-order chi connectivity index (χ0) is 25.0. The van der Waals surface area contributed by atoms with E-state index in [4.69, 9.17) is 0 Å². The summed E-state index contributed by atoms with van der Waals surface area (Å²) < 4.78 is 0. The highest BCUT2D eigenvalue weighted by atomic mass is 16.2. The van der Waals surface area contributed by atoms with Crippen LogP contribution in [0.15, 0.2) is 90.4 Å². The largest absolute Gasteiger partial charge is 0.344 e. The summed E-state index contributed by atoms with van der Waals surface area (Å²) in [5, 5.41) is 5.43. The van der Waals surface area contributed by atoms with Crippen molar-refractivity contribution in [3.05, 3.63) is 96.5 Å². The van der Waals surface area contributed by atoms with Crippen LogP contribution in [0.5, 0.6) is 0 Å². The van der Waals surface area contributed by atoms with Crippen molar-refractivity contribution in [1.82, 2.24) is 14.9 Å². The van der Waals surface area contributed by atoms with E-state index in [2.05, 4.69) is 53.2 Å². The maximum atomic E-state index is 13.4. The van der Waals surface area contributed by atoms with E-state index in [0.717, 1.165) is 54.5 Å². The molecule has 1 atom stereocenters. The van der Waals surface area contributed by atoms with Crippen molar-refractivity contribution in [2.75, 3.05) is 6.54 Å². The molecule has 5 nitrogen and oxygen atoms in total. The number of rotatable bonds is 6. The quantitative estimate of drug-likeness (QED) is 0.282. The molecule has 1 aromatic heterocycles. The summed E-state index contributed by atoms with van der Waals surface area (Å²) in [6.45, 7) is 10.4. The van der Waals surface area contributed by atoms with E-state index >= 15 is 0 Å². The lowest BCUT2D eigenvalue weighted by Crippen LogP contribution is -2.48. The van der Waals surface area contributed by atoms with E-state index in [-0.39, 0.29) is 12.1 Å². The molecule has 0 N–H and O–H groups in total. The third kappa shape index (κ3) is 6.89. The summed E-state index contributed by atoms with van der Waals surface area (Å²) in [5.74, 6) is 0. The number of aromatic nitrogens is 1. The van der Waals surface area contributed by atoms with Crippen molar-refractivity contribution in [1.29, 1.82) is 0 Å². The number of carbonyl (C=O) groups excluding carboxylic acids is 1. The number of hydrazone groups is 1. The highest BCUT2D eigenvalue weighted by molar-refractivity contribution is 5.79. The molecule has 4 rings (SSSR count). The van der Waals surface area contributed by atoms with Crippen LogP contribution >= 0.6 is 0 Å². The van der Waals surface area contributed by atoms with Crippen molar-refractivity contribution in [2.45, 2.75) is 52.5 Å². The van der Waals surface area contributed by atoms with Gasteiger partial charge in [-0.2, -0.15) is 10.1 Å². The van der Waals surface area contributed by atoms with E-state index in [0.29, 0.717) is 0 Å². The number of piperidine rings is 1. The minimum absolute atomic E-state index is 0.114. The third-order valence-electron chi connectivity index (χ3n) is 6.19. The summed E-state index contributed by atoms with van der Waals surface area (Å²) in [5.41, 5.74) is 5.41. The molecule has 1 aliphatic heterocycles. The topological polar surface area (TPSA) is 48.8 Å². The summed E-state index contributed by atoms with van der Waals surface area (Å²) in [7, 11) is 0. The van der Waals surface area contributed by atoms with Gasteiger partial charge in [-0.3, -0.25) is 4.98 Å². The number of nitrogens with zero attached hydrogens (tertiary/aromatic N) is 4. The first kappa shape index (κ1) is 25.9. The molecule has 0 aliphatic carbocycles. The van der Waals surface area contributed by atoms with Gasteiger partial charge in [0.1, 0.15) is 0 Å². The lowest BCUT2D eigenvalue weighted by atomic mass is 9.96. The average Bonchev–Trinajstić information content (AvgIpc) is 2.94. The Hall–Kier alpha value is -3.73. The predicted octanol–water partition coefficient (Wildman–Crippen LogP) is 7.27. The van der Waals surface area contributed by atoms with Crippen LogP contribution in [0.25, 0.3) is 16.7 Å². The number of hydrogen-bond acceptors (Lipinski definition) is 3. The average molecular weight is 469 g/mol.